The van der Waals surface area contributed by atoms with Crippen LogP contribution in [0.5, 0.6) is 0 Å². The molecule has 2 aliphatic heterocycles. The van der Waals surface area contributed by atoms with Gasteiger partial charge in [-0.1, -0.05) is 25.1 Å². The third-order valence-corrected chi connectivity index (χ3v) is 4.81. The summed E-state index contributed by atoms with van der Waals surface area (Å²) in [6.45, 7) is 5.51. The molecule has 2 unspecified atom stereocenters. The minimum absolute atomic E-state index is 0.333. The van der Waals surface area contributed by atoms with Crippen LogP contribution in [0, 0.1) is 33.3 Å². The van der Waals surface area contributed by atoms with Crippen molar-refractivity contribution in [1.82, 2.24) is 9.80 Å². The van der Waals surface area contributed by atoms with Crippen molar-refractivity contribution in [1.29, 1.82) is 5.26 Å². The molecule has 0 saturated carbocycles. The van der Waals surface area contributed by atoms with E-state index in [2.05, 4.69) is 18.1 Å². The zero-order valence-electron chi connectivity index (χ0n) is 14.6. The molecule has 26 heavy (non-hydrogen) atoms. The Morgan fingerprint density at radius 1 is 1.42 bits per heavy atom. The van der Waals surface area contributed by atoms with E-state index in [0.717, 1.165) is 12.2 Å². The average molecular weight is 355 g/mol. The van der Waals surface area contributed by atoms with Crippen molar-refractivity contribution in [2.75, 3.05) is 32.8 Å². The topological polar surface area (TPSA) is 95.0 Å². The summed E-state index contributed by atoms with van der Waals surface area (Å²) in [4.78, 5) is 14.7. The maximum absolute atomic E-state index is 11.0. The van der Waals surface area contributed by atoms with Crippen molar-refractivity contribution < 1.29 is 9.77 Å². The normalized spacial score (nSPS) is 24.5. The van der Waals surface area contributed by atoms with Crippen molar-refractivity contribution in [3.63, 3.8) is 0 Å². The van der Waals surface area contributed by atoms with Crippen LogP contribution in [0.15, 0.2) is 35.6 Å². The number of rotatable bonds is 5. The minimum atomic E-state index is -0.660. The van der Waals surface area contributed by atoms with Crippen molar-refractivity contribution in [3.05, 3.63) is 51.7 Å². The molecule has 2 atom stereocenters. The fourth-order valence-corrected chi connectivity index (χ4v) is 3.25. The van der Waals surface area contributed by atoms with Gasteiger partial charge in [-0.15, -0.1) is 0 Å². The molecule has 1 aromatic carbocycles. The highest BCUT2D eigenvalue weighted by Gasteiger charge is 2.33. The molecule has 0 aromatic heterocycles. The lowest BCUT2D eigenvalue weighted by Crippen LogP contribution is -2.37. The molecule has 8 heteroatoms. The van der Waals surface area contributed by atoms with Crippen LogP contribution in [-0.4, -0.2) is 53.6 Å². The number of nitriles is 1. The van der Waals surface area contributed by atoms with Crippen LogP contribution in [-0.2, 0) is 4.74 Å². The fourth-order valence-electron chi connectivity index (χ4n) is 3.25. The number of hydrogen-bond donors (Lipinski definition) is 0. The van der Waals surface area contributed by atoms with E-state index >= 15 is 0 Å². The Kier molecular flexibility index (Phi) is 5.49. The van der Waals surface area contributed by atoms with Crippen LogP contribution in [0.25, 0.3) is 6.08 Å². The minimum Gasteiger partial charge on any atom is -0.381 e. The number of ether oxygens (including phenoxy) is 1. The summed E-state index contributed by atoms with van der Waals surface area (Å²) in [5.41, 5.74) is 1.33. The van der Waals surface area contributed by atoms with E-state index in [0.29, 0.717) is 49.6 Å². The van der Waals surface area contributed by atoms with Gasteiger partial charge < -0.3 is 14.5 Å². The highest BCUT2D eigenvalue weighted by Crippen LogP contribution is 2.23. The van der Waals surface area contributed by atoms with E-state index in [-0.39, 0.29) is 0 Å². The summed E-state index contributed by atoms with van der Waals surface area (Å²) in [5, 5.41) is 23.1. The summed E-state index contributed by atoms with van der Waals surface area (Å²) in [5.74, 6) is 1.11. The first kappa shape index (κ1) is 17.9. The van der Waals surface area contributed by atoms with E-state index in [4.69, 9.17) is 4.74 Å². The first-order chi connectivity index (χ1) is 12.6. The zero-order valence-corrected chi connectivity index (χ0v) is 14.6. The third kappa shape index (κ3) is 4.00. The summed E-state index contributed by atoms with van der Waals surface area (Å²) in [7, 11) is 0. The van der Waals surface area contributed by atoms with E-state index < -0.39 is 5.03 Å². The Bertz CT molecular complexity index is 770. The van der Waals surface area contributed by atoms with Gasteiger partial charge in [-0.25, -0.2) is 10.1 Å². The molecule has 0 aliphatic carbocycles. The van der Waals surface area contributed by atoms with Crippen molar-refractivity contribution in [2.24, 2.45) is 16.9 Å². The van der Waals surface area contributed by atoms with Crippen LogP contribution in [0.3, 0.4) is 0 Å². The van der Waals surface area contributed by atoms with Crippen molar-refractivity contribution >= 4 is 12.0 Å². The summed E-state index contributed by atoms with van der Waals surface area (Å²) in [6, 6.07) is 9.38. The molecule has 0 bridgehead atoms. The predicted molar refractivity (Wildman–Crippen MR) is 96.4 cm³/mol. The molecule has 8 nitrogen and oxygen atoms in total. The Labute approximate surface area is 152 Å². The smallest absolute Gasteiger partial charge is 0.278 e. The summed E-state index contributed by atoms with van der Waals surface area (Å²) in [6.07, 6.45) is 3.55. The molecular weight excluding hydrogens is 334 g/mol. The maximum Gasteiger partial charge on any atom is 0.278 e. The molecule has 2 saturated heterocycles. The van der Waals surface area contributed by atoms with Crippen LogP contribution < -0.4 is 0 Å². The first-order valence-corrected chi connectivity index (χ1v) is 8.58. The molecular formula is C18H21N5O3. The zero-order chi connectivity index (χ0) is 18.5. The van der Waals surface area contributed by atoms with Gasteiger partial charge in [0.2, 0.25) is 0 Å². The molecule has 136 valence electrons. The van der Waals surface area contributed by atoms with E-state index in [1.165, 1.54) is 0 Å². The van der Waals surface area contributed by atoms with E-state index in [9.17, 15) is 15.4 Å². The second-order valence-corrected chi connectivity index (χ2v) is 6.57. The van der Waals surface area contributed by atoms with Crippen LogP contribution in [0.2, 0.25) is 0 Å². The average Bonchev–Trinajstić information content (AvgIpc) is 3.20. The summed E-state index contributed by atoms with van der Waals surface area (Å²) >= 11 is 0. The quantitative estimate of drug-likeness (QED) is 0.592. The van der Waals surface area contributed by atoms with Crippen LogP contribution >= 0.6 is 0 Å². The molecule has 1 aromatic rings. The largest absolute Gasteiger partial charge is 0.381 e. The first-order valence-electron chi connectivity index (χ1n) is 8.58. The highest BCUT2D eigenvalue weighted by atomic mass is 16.7. The monoisotopic (exact) mass is 355 g/mol. The lowest BCUT2D eigenvalue weighted by Gasteiger charge is -2.23. The standard InChI is InChI=1S/C18H21N5O3/c1-14-12-26-13-17(14)11-22-9-8-21(18(22)20-23(24)25)7-6-15-4-2-3-5-16(15)10-19/h2-7,14,17H,8-9,11-13H2,1H3. The summed E-state index contributed by atoms with van der Waals surface area (Å²) < 4.78 is 5.50. The molecule has 0 spiro atoms. The lowest BCUT2D eigenvalue weighted by atomic mass is 9.98. The number of nitro groups is 1. The SMILES string of the molecule is CC1COCC1CN1CCN(C=Cc2ccccc2C#N)C1=N[N+](=O)[O-]. The second kappa shape index (κ2) is 7.97. The fraction of sp³-hybridized carbons (Fsp3) is 0.444. The van der Waals surface area contributed by atoms with Crippen molar-refractivity contribution in [3.8, 4) is 6.07 Å². The molecule has 2 fully saturated rings. The van der Waals surface area contributed by atoms with E-state index in [1.54, 1.807) is 29.3 Å². The van der Waals surface area contributed by atoms with Gasteiger partial charge in [-0.05, 0) is 23.6 Å². The lowest BCUT2D eigenvalue weighted by molar-refractivity contribution is -0.486. The second-order valence-electron chi connectivity index (χ2n) is 6.57. The Hall–Kier alpha value is -2.92. The molecule has 0 N–H and O–H groups in total. The van der Waals surface area contributed by atoms with Gasteiger partial charge in [0, 0.05) is 38.4 Å². The number of hydrazone groups is 1. The number of benzene rings is 1. The maximum atomic E-state index is 11.0. The molecule has 2 heterocycles. The van der Waals surface area contributed by atoms with Gasteiger partial charge in [-0.2, -0.15) is 5.26 Å². The predicted octanol–water partition coefficient (Wildman–Crippen LogP) is 1.98. The van der Waals surface area contributed by atoms with Gasteiger partial charge in [0.05, 0.1) is 18.2 Å². The van der Waals surface area contributed by atoms with Crippen molar-refractivity contribution in [2.45, 2.75) is 6.92 Å². The number of hydrogen-bond acceptors (Lipinski definition) is 4. The Morgan fingerprint density at radius 3 is 2.92 bits per heavy atom. The molecule has 0 amide bonds. The van der Waals surface area contributed by atoms with Gasteiger partial charge in [0.25, 0.3) is 5.96 Å². The molecule has 2 aliphatic rings. The molecule has 0 radical (unpaired) electrons. The number of nitrogens with zero attached hydrogens (tertiary/aromatic N) is 5. The Balaban J connectivity index is 1.77. The Morgan fingerprint density at radius 2 is 2.23 bits per heavy atom. The van der Waals surface area contributed by atoms with Crippen LogP contribution in [0.4, 0.5) is 0 Å². The highest BCUT2D eigenvalue weighted by molar-refractivity contribution is 5.83. The van der Waals surface area contributed by atoms with Gasteiger partial charge in [-0.3, -0.25) is 0 Å². The third-order valence-electron chi connectivity index (χ3n) is 4.81. The van der Waals surface area contributed by atoms with Gasteiger partial charge in [0.1, 0.15) is 5.10 Å². The van der Waals surface area contributed by atoms with Gasteiger partial charge in [0.15, 0.2) is 5.03 Å². The molecule has 3 rings (SSSR count). The van der Waals surface area contributed by atoms with Crippen LogP contribution in [0.1, 0.15) is 18.1 Å². The number of guanidine groups is 1. The van der Waals surface area contributed by atoms with E-state index in [1.807, 2.05) is 17.0 Å². The van der Waals surface area contributed by atoms with Gasteiger partial charge >= 0.3 is 0 Å².